The summed E-state index contributed by atoms with van der Waals surface area (Å²) in [5, 5.41) is 2.52. The molecule has 250 valence electrons. The van der Waals surface area contributed by atoms with Gasteiger partial charge in [-0.05, 0) is 98.6 Å². The van der Waals surface area contributed by atoms with Gasteiger partial charge in [-0.2, -0.15) is 0 Å². The van der Waals surface area contributed by atoms with Crippen molar-refractivity contribution >= 4 is 27.8 Å². The zero-order valence-electron chi connectivity index (χ0n) is 29.8. The maximum absolute atomic E-state index is 2.53. The average Bonchev–Trinajstić information content (AvgIpc) is 3.51. The minimum absolute atomic E-state index is 0.0483. The van der Waals surface area contributed by atoms with Crippen molar-refractivity contribution in [3.63, 3.8) is 0 Å². The third-order valence-electron chi connectivity index (χ3n) is 11.3. The van der Waals surface area contributed by atoms with Crippen LogP contribution in [0.1, 0.15) is 37.8 Å². The summed E-state index contributed by atoms with van der Waals surface area (Å²) in [6.07, 6.45) is 2.09. The molecule has 1 nitrogen and oxygen atoms in total. The van der Waals surface area contributed by atoms with Crippen molar-refractivity contribution in [3.8, 4) is 44.5 Å². The van der Waals surface area contributed by atoms with Crippen LogP contribution in [0.15, 0.2) is 188 Å². The Morgan fingerprint density at radius 3 is 1.65 bits per heavy atom. The molecule has 8 aromatic rings. The van der Waals surface area contributed by atoms with E-state index in [1.165, 1.54) is 72.1 Å². The molecule has 0 atom stereocenters. The van der Waals surface area contributed by atoms with Crippen LogP contribution in [0.5, 0.6) is 0 Å². The third kappa shape index (κ3) is 5.16. The van der Waals surface area contributed by atoms with Gasteiger partial charge in [0.1, 0.15) is 0 Å². The Balaban J connectivity index is 1.31. The molecule has 0 aliphatic heterocycles. The number of anilines is 3. The lowest BCUT2D eigenvalue weighted by atomic mass is 9.73. The van der Waals surface area contributed by atoms with E-state index in [1.54, 1.807) is 0 Å². The Kier molecular flexibility index (Phi) is 8.05. The largest absolute Gasteiger partial charge is 0.309 e. The first-order chi connectivity index (χ1) is 25.7. The predicted octanol–water partition coefficient (Wildman–Crippen LogP) is 14.4. The molecule has 9 rings (SSSR count). The van der Waals surface area contributed by atoms with E-state index in [-0.39, 0.29) is 5.41 Å². The summed E-state index contributed by atoms with van der Waals surface area (Å²) >= 11 is 0. The highest BCUT2D eigenvalue weighted by atomic mass is 15.1. The van der Waals surface area contributed by atoms with Gasteiger partial charge < -0.3 is 4.90 Å². The molecule has 0 heterocycles. The molecule has 0 bridgehead atoms. The first kappa shape index (κ1) is 31.8. The van der Waals surface area contributed by atoms with Crippen LogP contribution in [-0.4, -0.2) is 0 Å². The molecular weight excluding hydrogens is 627 g/mol. The molecule has 8 aromatic carbocycles. The SMILES string of the molecule is CCC1(CC)c2ccccc2-c2c1cc1ccccc1c2N(c1ccc(-c2ccccc2-c2ccccc2)cc1)c1cccc(-c2ccccc2)c1. The minimum Gasteiger partial charge on any atom is -0.309 e. The Labute approximate surface area is 307 Å². The molecule has 1 aliphatic rings. The van der Waals surface area contributed by atoms with E-state index in [4.69, 9.17) is 0 Å². The van der Waals surface area contributed by atoms with Gasteiger partial charge in [-0.25, -0.2) is 0 Å². The van der Waals surface area contributed by atoms with Gasteiger partial charge in [0, 0.05) is 27.7 Å². The van der Waals surface area contributed by atoms with Crippen molar-refractivity contribution in [3.05, 3.63) is 199 Å². The van der Waals surface area contributed by atoms with E-state index < -0.39 is 0 Å². The topological polar surface area (TPSA) is 3.24 Å². The molecule has 0 radical (unpaired) electrons. The quantitative estimate of drug-likeness (QED) is 0.156. The smallest absolute Gasteiger partial charge is 0.0621 e. The van der Waals surface area contributed by atoms with Crippen molar-refractivity contribution in [2.24, 2.45) is 0 Å². The highest BCUT2D eigenvalue weighted by Gasteiger charge is 2.43. The van der Waals surface area contributed by atoms with Gasteiger partial charge in [0.25, 0.3) is 0 Å². The van der Waals surface area contributed by atoms with Gasteiger partial charge in [-0.15, -0.1) is 0 Å². The minimum atomic E-state index is -0.0483. The monoisotopic (exact) mass is 667 g/mol. The fraction of sp³-hybridized carbons (Fsp3) is 0.0980. The highest BCUT2D eigenvalue weighted by Crippen LogP contribution is 2.59. The zero-order valence-corrected chi connectivity index (χ0v) is 29.8. The second-order valence-electron chi connectivity index (χ2n) is 13.9. The maximum atomic E-state index is 2.53. The Morgan fingerprint density at radius 2 is 0.962 bits per heavy atom. The molecule has 0 saturated heterocycles. The summed E-state index contributed by atoms with van der Waals surface area (Å²) in [6, 6.07) is 69.1. The molecular formula is C51H41N. The van der Waals surface area contributed by atoms with Crippen molar-refractivity contribution in [1.29, 1.82) is 0 Å². The maximum Gasteiger partial charge on any atom is 0.0621 e. The number of rotatable bonds is 8. The van der Waals surface area contributed by atoms with E-state index in [0.717, 1.165) is 24.2 Å². The number of benzene rings is 8. The fourth-order valence-electron chi connectivity index (χ4n) is 8.74. The second kappa shape index (κ2) is 13.2. The summed E-state index contributed by atoms with van der Waals surface area (Å²) in [4.78, 5) is 2.53. The third-order valence-corrected chi connectivity index (χ3v) is 11.3. The molecule has 52 heavy (non-hydrogen) atoms. The molecule has 0 aromatic heterocycles. The molecule has 0 amide bonds. The van der Waals surface area contributed by atoms with Crippen LogP contribution in [0.3, 0.4) is 0 Å². The van der Waals surface area contributed by atoms with Crippen LogP contribution in [0.2, 0.25) is 0 Å². The van der Waals surface area contributed by atoms with Gasteiger partial charge in [-0.3, -0.25) is 0 Å². The number of nitrogens with zero attached hydrogens (tertiary/aromatic N) is 1. The van der Waals surface area contributed by atoms with E-state index >= 15 is 0 Å². The number of hydrogen-bond donors (Lipinski definition) is 0. The normalized spacial score (nSPS) is 12.7. The van der Waals surface area contributed by atoms with Gasteiger partial charge >= 0.3 is 0 Å². The average molecular weight is 668 g/mol. The van der Waals surface area contributed by atoms with E-state index in [9.17, 15) is 0 Å². The van der Waals surface area contributed by atoms with Crippen LogP contribution < -0.4 is 4.90 Å². The first-order valence-electron chi connectivity index (χ1n) is 18.6. The van der Waals surface area contributed by atoms with E-state index in [1.807, 2.05) is 0 Å². The molecule has 1 heteroatoms. The van der Waals surface area contributed by atoms with Gasteiger partial charge in [0.05, 0.1) is 5.69 Å². The van der Waals surface area contributed by atoms with Gasteiger partial charge in [0.15, 0.2) is 0 Å². The summed E-state index contributed by atoms with van der Waals surface area (Å²) in [6.45, 7) is 4.72. The molecule has 0 N–H and O–H groups in total. The van der Waals surface area contributed by atoms with Crippen molar-refractivity contribution in [1.82, 2.24) is 0 Å². The Hall–Kier alpha value is -6.18. The van der Waals surface area contributed by atoms with Crippen LogP contribution in [0.25, 0.3) is 55.3 Å². The van der Waals surface area contributed by atoms with Crippen LogP contribution >= 0.6 is 0 Å². The van der Waals surface area contributed by atoms with Crippen molar-refractivity contribution in [2.75, 3.05) is 4.90 Å². The molecule has 1 aliphatic carbocycles. The molecule has 0 spiro atoms. The number of hydrogen-bond acceptors (Lipinski definition) is 1. The lowest BCUT2D eigenvalue weighted by molar-refractivity contribution is 0.491. The van der Waals surface area contributed by atoms with Crippen LogP contribution in [0.4, 0.5) is 17.1 Å². The van der Waals surface area contributed by atoms with E-state index in [0.29, 0.717) is 0 Å². The first-order valence-corrected chi connectivity index (χ1v) is 18.6. The molecule has 0 saturated carbocycles. The highest BCUT2D eigenvalue weighted by molar-refractivity contribution is 6.10. The lowest BCUT2D eigenvalue weighted by Crippen LogP contribution is -2.23. The zero-order chi connectivity index (χ0) is 35.1. The summed E-state index contributed by atoms with van der Waals surface area (Å²) in [5.74, 6) is 0. The Bertz CT molecular complexity index is 2530. The molecule has 0 unspecified atom stereocenters. The predicted molar refractivity (Wildman–Crippen MR) is 222 cm³/mol. The van der Waals surface area contributed by atoms with Gasteiger partial charge in [-0.1, -0.05) is 172 Å². The standard InChI is InChI=1S/C51H41N/c1-3-51(4-2)47-29-16-15-28-46(47)49-48(51)35-40-22-11-12-27-45(40)50(49)52(42-24-17-23-39(34-42)36-18-7-5-8-19-36)41-32-30-38(31-33-41)44-26-14-13-25-43(44)37-20-9-6-10-21-37/h5-35H,3-4H2,1-2H3. The van der Waals surface area contributed by atoms with Gasteiger partial charge in [0.2, 0.25) is 0 Å². The van der Waals surface area contributed by atoms with Crippen LogP contribution in [-0.2, 0) is 5.41 Å². The van der Waals surface area contributed by atoms with Crippen LogP contribution in [0, 0.1) is 0 Å². The lowest BCUT2D eigenvalue weighted by Gasteiger charge is -2.32. The fourth-order valence-corrected chi connectivity index (χ4v) is 8.74. The second-order valence-corrected chi connectivity index (χ2v) is 13.9. The molecule has 0 fully saturated rings. The summed E-state index contributed by atoms with van der Waals surface area (Å²) < 4.78 is 0. The summed E-state index contributed by atoms with van der Waals surface area (Å²) in [5.41, 5.74) is 16.3. The van der Waals surface area contributed by atoms with Crippen molar-refractivity contribution in [2.45, 2.75) is 32.1 Å². The Morgan fingerprint density at radius 1 is 0.404 bits per heavy atom. The van der Waals surface area contributed by atoms with Crippen molar-refractivity contribution < 1.29 is 0 Å². The summed E-state index contributed by atoms with van der Waals surface area (Å²) in [7, 11) is 0. The number of fused-ring (bicyclic) bond motifs is 4. The van der Waals surface area contributed by atoms with E-state index in [2.05, 4.69) is 207 Å².